The lowest BCUT2D eigenvalue weighted by molar-refractivity contribution is -0.126. The predicted molar refractivity (Wildman–Crippen MR) is 111 cm³/mol. The van der Waals surface area contributed by atoms with E-state index >= 15 is 0 Å². The number of carbonyl (C=O) groups is 1. The number of rotatable bonds is 7. The highest BCUT2D eigenvalue weighted by Crippen LogP contribution is 2.29. The molecule has 28 heavy (non-hydrogen) atoms. The third-order valence-corrected chi connectivity index (χ3v) is 7.21. The smallest absolute Gasteiger partial charge is 0.285 e. The third kappa shape index (κ3) is 4.57. The molecule has 0 aliphatic carbocycles. The van der Waals surface area contributed by atoms with E-state index in [0.29, 0.717) is 30.4 Å². The predicted octanol–water partition coefficient (Wildman–Crippen LogP) is 3.18. The molecule has 6 nitrogen and oxygen atoms in total. The first kappa shape index (κ1) is 20.8. The van der Waals surface area contributed by atoms with Crippen LogP contribution in [0.1, 0.15) is 57.9 Å². The number of fused-ring (bicyclic) bond motifs is 1. The van der Waals surface area contributed by atoms with E-state index in [-0.39, 0.29) is 16.7 Å². The number of carbonyl (C=O) groups excluding carboxylic acids is 1. The van der Waals surface area contributed by atoms with Gasteiger partial charge in [-0.25, -0.2) is 0 Å². The van der Waals surface area contributed by atoms with Crippen molar-refractivity contribution in [1.82, 2.24) is 10.2 Å². The van der Waals surface area contributed by atoms with E-state index in [2.05, 4.69) is 23.6 Å². The van der Waals surface area contributed by atoms with Gasteiger partial charge in [0.15, 0.2) is 5.84 Å². The van der Waals surface area contributed by atoms with Crippen LogP contribution in [-0.2, 0) is 14.8 Å². The van der Waals surface area contributed by atoms with Gasteiger partial charge in [0, 0.05) is 31.1 Å². The highest BCUT2D eigenvalue weighted by molar-refractivity contribution is 7.90. The quantitative estimate of drug-likeness (QED) is 0.756. The maximum atomic E-state index is 12.6. The van der Waals surface area contributed by atoms with Crippen LogP contribution < -0.4 is 5.32 Å². The maximum absolute atomic E-state index is 12.6. The SMILES string of the molecule is CCCCC(CC)CNC(=O)C1CCN(C2=NS(=O)(=O)c3ccccc32)CC1. The van der Waals surface area contributed by atoms with Crippen molar-refractivity contribution in [2.75, 3.05) is 19.6 Å². The van der Waals surface area contributed by atoms with Crippen molar-refractivity contribution in [2.24, 2.45) is 16.2 Å². The van der Waals surface area contributed by atoms with E-state index in [1.165, 1.54) is 19.3 Å². The van der Waals surface area contributed by atoms with Crippen molar-refractivity contribution in [3.8, 4) is 0 Å². The third-order valence-electron chi connectivity index (χ3n) is 5.89. The number of amides is 1. The Kier molecular flexibility index (Phi) is 6.75. The fraction of sp³-hybridized carbons (Fsp3) is 0.619. The number of hydrogen-bond acceptors (Lipinski definition) is 4. The molecule has 3 rings (SSSR count). The summed E-state index contributed by atoms with van der Waals surface area (Å²) in [7, 11) is -3.60. The Morgan fingerprint density at radius 3 is 2.64 bits per heavy atom. The molecule has 1 unspecified atom stereocenters. The molecule has 1 aromatic carbocycles. The highest BCUT2D eigenvalue weighted by atomic mass is 32.2. The summed E-state index contributed by atoms with van der Waals surface area (Å²) in [6.07, 6.45) is 6.09. The lowest BCUT2D eigenvalue weighted by Crippen LogP contribution is -2.43. The van der Waals surface area contributed by atoms with Crippen molar-refractivity contribution >= 4 is 21.8 Å². The molecule has 0 saturated carbocycles. The zero-order chi connectivity index (χ0) is 20.1. The van der Waals surface area contributed by atoms with Gasteiger partial charge in [-0.15, -0.1) is 4.40 Å². The number of benzene rings is 1. The summed E-state index contributed by atoms with van der Waals surface area (Å²) in [5.74, 6) is 1.21. The Balaban J connectivity index is 1.54. The van der Waals surface area contributed by atoms with Crippen molar-refractivity contribution in [3.05, 3.63) is 29.8 Å². The van der Waals surface area contributed by atoms with Gasteiger partial charge in [0.2, 0.25) is 5.91 Å². The standard InChI is InChI=1S/C21H31N3O3S/c1-3-5-8-16(4-2)15-22-21(25)17-11-13-24(14-12-17)20-18-9-6-7-10-19(18)28(26,27)23-20/h6-7,9-10,16-17H,3-5,8,11-15H2,1-2H3,(H,22,25). The molecule has 1 atom stereocenters. The van der Waals surface area contributed by atoms with Crippen LogP contribution in [0.2, 0.25) is 0 Å². The number of unbranched alkanes of at least 4 members (excludes halogenated alkanes) is 1. The van der Waals surface area contributed by atoms with Crippen LogP contribution in [0.4, 0.5) is 0 Å². The van der Waals surface area contributed by atoms with Gasteiger partial charge in [-0.1, -0.05) is 45.2 Å². The van der Waals surface area contributed by atoms with Crippen molar-refractivity contribution < 1.29 is 13.2 Å². The summed E-state index contributed by atoms with van der Waals surface area (Å²) in [4.78, 5) is 14.8. The minimum Gasteiger partial charge on any atom is -0.356 e. The van der Waals surface area contributed by atoms with Crippen LogP contribution in [0, 0.1) is 11.8 Å². The minimum absolute atomic E-state index is 0.00575. The number of hydrogen-bond donors (Lipinski definition) is 1. The second kappa shape index (κ2) is 9.07. The minimum atomic E-state index is -3.60. The van der Waals surface area contributed by atoms with E-state index in [9.17, 15) is 13.2 Å². The Bertz CT molecular complexity index is 827. The van der Waals surface area contributed by atoms with E-state index < -0.39 is 10.0 Å². The summed E-state index contributed by atoms with van der Waals surface area (Å²) in [6, 6.07) is 6.95. The molecule has 1 fully saturated rings. The fourth-order valence-electron chi connectivity index (χ4n) is 4.00. The second-order valence-corrected chi connectivity index (χ2v) is 9.38. The van der Waals surface area contributed by atoms with Gasteiger partial charge < -0.3 is 10.2 Å². The van der Waals surface area contributed by atoms with Gasteiger partial charge in [0.05, 0.1) is 0 Å². The lowest BCUT2D eigenvalue weighted by atomic mass is 9.94. The molecule has 0 spiro atoms. The van der Waals surface area contributed by atoms with Crippen LogP contribution in [0.3, 0.4) is 0 Å². The molecule has 154 valence electrons. The maximum Gasteiger partial charge on any atom is 0.285 e. The lowest BCUT2D eigenvalue weighted by Gasteiger charge is -2.32. The summed E-state index contributed by atoms with van der Waals surface area (Å²) in [6.45, 7) is 6.42. The number of piperidine rings is 1. The monoisotopic (exact) mass is 405 g/mol. The van der Waals surface area contributed by atoms with E-state index in [0.717, 1.165) is 25.8 Å². The van der Waals surface area contributed by atoms with Crippen molar-refractivity contribution in [2.45, 2.75) is 57.3 Å². The Morgan fingerprint density at radius 1 is 1.25 bits per heavy atom. The van der Waals surface area contributed by atoms with Gasteiger partial charge in [0.25, 0.3) is 10.0 Å². The summed E-state index contributed by atoms with van der Waals surface area (Å²) in [5, 5.41) is 3.14. The molecular weight excluding hydrogens is 374 g/mol. The van der Waals surface area contributed by atoms with Crippen LogP contribution in [0.25, 0.3) is 0 Å². The Hall–Kier alpha value is -1.89. The molecule has 1 N–H and O–H groups in total. The average Bonchev–Trinajstić information content (AvgIpc) is 2.99. The first-order chi connectivity index (χ1) is 13.5. The molecule has 1 aromatic rings. The van der Waals surface area contributed by atoms with Crippen LogP contribution in [0.5, 0.6) is 0 Å². The van der Waals surface area contributed by atoms with Gasteiger partial charge in [-0.05, 0) is 37.3 Å². The normalized spacial score (nSPS) is 19.8. The average molecular weight is 406 g/mol. The molecule has 0 radical (unpaired) electrons. The molecule has 1 saturated heterocycles. The molecular formula is C21H31N3O3S. The molecule has 2 aliphatic heterocycles. The Labute approximate surface area is 168 Å². The zero-order valence-electron chi connectivity index (χ0n) is 16.9. The topological polar surface area (TPSA) is 78.8 Å². The van der Waals surface area contributed by atoms with E-state index in [1.54, 1.807) is 18.2 Å². The van der Waals surface area contributed by atoms with Crippen LogP contribution in [0.15, 0.2) is 33.6 Å². The highest BCUT2D eigenvalue weighted by Gasteiger charge is 2.34. The number of nitrogens with one attached hydrogen (secondary N) is 1. The molecule has 7 heteroatoms. The number of likely N-dealkylation sites (tertiary alicyclic amines) is 1. The largest absolute Gasteiger partial charge is 0.356 e. The summed E-state index contributed by atoms with van der Waals surface area (Å²) in [5.41, 5.74) is 0.673. The number of amidine groups is 1. The summed E-state index contributed by atoms with van der Waals surface area (Å²) < 4.78 is 28.5. The zero-order valence-corrected chi connectivity index (χ0v) is 17.7. The molecule has 2 heterocycles. The Morgan fingerprint density at radius 2 is 1.96 bits per heavy atom. The molecule has 0 aromatic heterocycles. The second-order valence-electron chi connectivity index (χ2n) is 7.81. The first-order valence-electron chi connectivity index (χ1n) is 10.4. The molecule has 2 aliphatic rings. The molecule has 0 bridgehead atoms. The van der Waals surface area contributed by atoms with E-state index in [1.807, 2.05) is 11.0 Å². The fourth-order valence-corrected chi connectivity index (χ4v) is 5.23. The van der Waals surface area contributed by atoms with Crippen LogP contribution >= 0.6 is 0 Å². The van der Waals surface area contributed by atoms with Gasteiger partial charge >= 0.3 is 0 Å². The van der Waals surface area contributed by atoms with Crippen molar-refractivity contribution in [3.63, 3.8) is 0 Å². The van der Waals surface area contributed by atoms with E-state index in [4.69, 9.17) is 0 Å². The van der Waals surface area contributed by atoms with Gasteiger partial charge in [0.1, 0.15) is 4.90 Å². The number of nitrogens with zero attached hydrogens (tertiary/aromatic N) is 2. The first-order valence-corrected chi connectivity index (χ1v) is 11.9. The van der Waals surface area contributed by atoms with Crippen molar-refractivity contribution in [1.29, 1.82) is 0 Å². The van der Waals surface area contributed by atoms with Crippen LogP contribution in [-0.4, -0.2) is 44.7 Å². The number of sulfonamides is 1. The molecule has 1 amide bonds. The van der Waals surface area contributed by atoms with Gasteiger partial charge in [-0.2, -0.15) is 8.42 Å². The van der Waals surface area contributed by atoms with Gasteiger partial charge in [-0.3, -0.25) is 4.79 Å². The summed E-state index contributed by atoms with van der Waals surface area (Å²) >= 11 is 0.